The van der Waals surface area contributed by atoms with E-state index in [1.807, 2.05) is 12.1 Å². The van der Waals surface area contributed by atoms with Gasteiger partial charge >= 0.3 is 11.9 Å². The molecule has 2 heterocycles. The predicted octanol–water partition coefficient (Wildman–Crippen LogP) is 4.33. The van der Waals surface area contributed by atoms with Gasteiger partial charge in [0.25, 0.3) is 0 Å². The second-order valence-electron chi connectivity index (χ2n) is 11.6. The topological polar surface area (TPSA) is 115 Å². The van der Waals surface area contributed by atoms with Crippen LogP contribution in [0.3, 0.4) is 0 Å². The maximum atomic E-state index is 14.0. The molecular weight excluding hydrogens is 592 g/mol. The Labute approximate surface area is 276 Å². The van der Waals surface area contributed by atoms with Crippen LogP contribution >= 0.6 is 0 Å². The van der Waals surface area contributed by atoms with Gasteiger partial charge in [0.1, 0.15) is 5.82 Å². The van der Waals surface area contributed by atoms with Crippen LogP contribution in [0.15, 0.2) is 108 Å². The molecule has 0 radical (unpaired) electrons. The van der Waals surface area contributed by atoms with Gasteiger partial charge in [-0.15, -0.1) is 6.42 Å². The molecule has 3 aromatic rings. The molecule has 1 fully saturated rings. The highest BCUT2D eigenvalue weighted by Crippen LogP contribution is 2.39. The minimum atomic E-state index is -0.873. The van der Waals surface area contributed by atoms with Crippen LogP contribution in [-0.4, -0.2) is 62.5 Å². The number of benzene rings is 3. The Kier molecular flexibility index (Phi) is 11.1. The quantitative estimate of drug-likeness (QED) is 0.161. The van der Waals surface area contributed by atoms with E-state index < -0.39 is 24.1 Å². The summed E-state index contributed by atoms with van der Waals surface area (Å²) >= 11 is 0. The third-order valence-electron chi connectivity index (χ3n) is 8.67. The van der Waals surface area contributed by atoms with E-state index in [1.54, 1.807) is 38.1 Å². The van der Waals surface area contributed by atoms with Gasteiger partial charge in [0.05, 0.1) is 29.7 Å². The molecular formula is C38H42N4O5. The van der Waals surface area contributed by atoms with Gasteiger partial charge in [-0.3, -0.25) is 4.90 Å². The van der Waals surface area contributed by atoms with Gasteiger partial charge in [-0.2, -0.15) is 0 Å². The van der Waals surface area contributed by atoms with E-state index in [0.717, 1.165) is 19.6 Å². The largest absolute Gasteiger partial charge is 0.462 e. The number of nitrogens with two attached hydrogens (primary N) is 1. The van der Waals surface area contributed by atoms with Crippen molar-refractivity contribution in [1.29, 1.82) is 0 Å². The molecule has 0 saturated carbocycles. The van der Waals surface area contributed by atoms with Gasteiger partial charge in [-0.05, 0) is 49.1 Å². The van der Waals surface area contributed by atoms with E-state index in [4.69, 9.17) is 26.4 Å². The Morgan fingerprint density at radius 3 is 2.32 bits per heavy atom. The smallest absolute Gasteiger partial charge is 0.340 e. The molecule has 5 rings (SSSR count). The molecule has 3 unspecified atom stereocenters. The number of nitrogens with one attached hydrogen (secondary N) is 2. The molecule has 0 spiro atoms. The Morgan fingerprint density at radius 2 is 1.68 bits per heavy atom. The maximum Gasteiger partial charge on any atom is 0.340 e. The van der Waals surface area contributed by atoms with E-state index in [9.17, 15) is 9.59 Å². The molecule has 9 heteroatoms. The van der Waals surface area contributed by atoms with Gasteiger partial charge in [-0.25, -0.2) is 9.59 Å². The van der Waals surface area contributed by atoms with Crippen LogP contribution < -0.4 is 16.4 Å². The molecule has 0 amide bonds. The number of esters is 2. The van der Waals surface area contributed by atoms with Crippen LogP contribution in [0.1, 0.15) is 54.5 Å². The Balaban J connectivity index is 1.39. The number of ether oxygens (including phenoxy) is 3. The first kappa shape index (κ1) is 33.5. The summed E-state index contributed by atoms with van der Waals surface area (Å²) in [4.78, 5) is 29.9. The summed E-state index contributed by atoms with van der Waals surface area (Å²) in [5.74, 6) is 0.567. The molecule has 1 saturated heterocycles. The van der Waals surface area contributed by atoms with Gasteiger partial charge in [0.2, 0.25) is 0 Å². The fraction of sp³-hybridized carbons (Fsp3) is 0.316. The lowest BCUT2D eigenvalue weighted by molar-refractivity contribution is -0.165. The van der Waals surface area contributed by atoms with Gasteiger partial charge in [0, 0.05) is 44.0 Å². The summed E-state index contributed by atoms with van der Waals surface area (Å²) in [5, 5.41) is 6.51. The first-order valence-electron chi connectivity index (χ1n) is 15.8. The molecule has 4 N–H and O–H groups in total. The number of nitrogens with zero attached hydrogens (tertiary/aromatic N) is 1. The van der Waals surface area contributed by atoms with Crippen LogP contribution in [0.25, 0.3) is 0 Å². The molecule has 3 aromatic carbocycles. The second-order valence-corrected chi connectivity index (χ2v) is 11.6. The van der Waals surface area contributed by atoms with Crippen molar-refractivity contribution in [3.8, 4) is 12.3 Å². The number of methoxy groups -OCH3 is 1. The summed E-state index contributed by atoms with van der Waals surface area (Å²) in [6.07, 6.45) is 5.47. The van der Waals surface area contributed by atoms with Crippen molar-refractivity contribution in [3.05, 3.63) is 130 Å². The highest BCUT2D eigenvalue weighted by atomic mass is 16.7. The van der Waals surface area contributed by atoms with Crippen molar-refractivity contribution in [2.75, 3.05) is 33.4 Å². The predicted molar refractivity (Wildman–Crippen MR) is 180 cm³/mol. The van der Waals surface area contributed by atoms with Crippen molar-refractivity contribution >= 4 is 11.9 Å². The summed E-state index contributed by atoms with van der Waals surface area (Å²) < 4.78 is 16.6. The summed E-state index contributed by atoms with van der Waals surface area (Å²) in [6, 6.07) is 28.2. The minimum Gasteiger partial charge on any atom is -0.462 e. The number of terminal acetylenes is 1. The number of hydrogen-bond acceptors (Lipinski definition) is 9. The van der Waals surface area contributed by atoms with Gasteiger partial charge < -0.3 is 30.6 Å². The lowest BCUT2D eigenvalue weighted by Gasteiger charge is -2.42. The number of hydrogen-bond donors (Lipinski definition) is 3. The van der Waals surface area contributed by atoms with Crippen molar-refractivity contribution in [2.24, 2.45) is 5.73 Å². The van der Waals surface area contributed by atoms with Crippen LogP contribution in [0, 0.1) is 12.3 Å². The van der Waals surface area contributed by atoms with Crippen molar-refractivity contribution in [3.63, 3.8) is 0 Å². The molecule has 9 nitrogen and oxygen atoms in total. The highest BCUT2D eigenvalue weighted by molar-refractivity contribution is 5.99. The van der Waals surface area contributed by atoms with Gasteiger partial charge in [0.15, 0.2) is 6.29 Å². The Hall–Kier alpha value is -4.88. The molecule has 47 heavy (non-hydrogen) atoms. The first-order valence-corrected chi connectivity index (χ1v) is 15.8. The number of rotatable bonds is 11. The summed E-state index contributed by atoms with van der Waals surface area (Å²) in [7, 11) is 1.43. The van der Waals surface area contributed by atoms with Gasteiger partial charge in [-0.1, -0.05) is 78.7 Å². The number of carbonyl (C=O) groups excluding carboxylic acids is 2. The number of allylic oxidation sites excluding steroid dienone is 1. The zero-order valence-electron chi connectivity index (χ0n) is 27.1. The Morgan fingerprint density at radius 1 is 1.00 bits per heavy atom. The molecule has 3 atom stereocenters. The minimum absolute atomic E-state index is 0.0525. The van der Waals surface area contributed by atoms with Crippen molar-refractivity contribution in [1.82, 2.24) is 15.5 Å². The van der Waals surface area contributed by atoms with E-state index >= 15 is 0 Å². The fourth-order valence-electron chi connectivity index (χ4n) is 6.35. The fourth-order valence-corrected chi connectivity index (χ4v) is 6.35. The van der Waals surface area contributed by atoms with E-state index in [1.165, 1.54) is 18.2 Å². The van der Waals surface area contributed by atoms with Crippen molar-refractivity contribution in [2.45, 2.75) is 44.6 Å². The summed E-state index contributed by atoms with van der Waals surface area (Å²) in [6.45, 7) is 5.95. The van der Waals surface area contributed by atoms with Crippen LogP contribution in [0.4, 0.5) is 0 Å². The average molecular weight is 635 g/mol. The molecule has 0 aromatic heterocycles. The third-order valence-corrected chi connectivity index (χ3v) is 8.67. The van der Waals surface area contributed by atoms with Crippen molar-refractivity contribution < 1.29 is 23.8 Å². The lowest BCUT2D eigenvalue weighted by atomic mass is 9.81. The van der Waals surface area contributed by atoms with E-state index in [-0.39, 0.29) is 35.7 Å². The van der Waals surface area contributed by atoms with E-state index in [0.29, 0.717) is 23.2 Å². The average Bonchev–Trinajstić information content (AvgIpc) is 3.09. The monoisotopic (exact) mass is 634 g/mol. The van der Waals surface area contributed by atoms with Crippen LogP contribution in [-0.2, 0) is 23.8 Å². The zero-order chi connectivity index (χ0) is 33.3. The van der Waals surface area contributed by atoms with Crippen LogP contribution in [0.5, 0.6) is 0 Å². The molecule has 0 aliphatic carbocycles. The Bertz CT molecular complexity index is 1620. The SMILES string of the molecule is C#Cc1cccc(C2C(C(=O)OCCC3CNCCN3C(c3ccccc3)c3ccccc3)=C(C)NC(N)=C2C(=O)OC(C)OC)c1. The summed E-state index contributed by atoms with van der Waals surface area (Å²) in [5.41, 5.74) is 10.8. The first-order chi connectivity index (χ1) is 22.8. The van der Waals surface area contributed by atoms with Crippen LogP contribution in [0.2, 0.25) is 0 Å². The molecule has 2 aliphatic rings. The standard InChI is InChI=1S/C38H42N4O5/c1-5-27-13-12-18-30(23-27)33-32(25(2)41-36(39)34(33)38(44)47-26(3)45-4)37(43)46-22-19-31-24-40-20-21-42(31)35(28-14-8-6-9-15-28)29-16-10-7-11-17-29/h1,6-18,23,26,31,33,35,40-41H,19-22,24,39H2,2-4H3. The highest BCUT2D eigenvalue weighted by Gasteiger charge is 2.39. The molecule has 2 aliphatic heterocycles. The lowest BCUT2D eigenvalue weighted by Crippen LogP contribution is -2.53. The van der Waals surface area contributed by atoms with E-state index in [2.05, 4.69) is 70.0 Å². The normalized spacial score (nSPS) is 19.1. The number of piperazine rings is 1. The third kappa shape index (κ3) is 7.75. The number of dihydropyridines is 1. The second kappa shape index (κ2) is 15.6. The zero-order valence-corrected chi connectivity index (χ0v) is 27.1. The maximum absolute atomic E-state index is 14.0. The molecule has 244 valence electrons. The molecule has 0 bridgehead atoms. The number of carbonyl (C=O) groups is 2.